The summed E-state index contributed by atoms with van der Waals surface area (Å²) in [5.41, 5.74) is 1.75. The molecule has 0 fully saturated rings. The molecule has 0 aliphatic rings. The van der Waals surface area contributed by atoms with E-state index in [1.165, 1.54) is 3.57 Å². The molecule has 2 aromatic rings. The highest BCUT2D eigenvalue weighted by atomic mass is 127. The van der Waals surface area contributed by atoms with E-state index >= 15 is 0 Å². The van der Waals surface area contributed by atoms with Crippen LogP contribution < -0.4 is 0 Å². The third-order valence-corrected chi connectivity index (χ3v) is 4.41. The summed E-state index contributed by atoms with van der Waals surface area (Å²) < 4.78 is 2.92. The average molecular weight is 480 g/mol. The first-order chi connectivity index (χ1) is 8.56. The van der Waals surface area contributed by atoms with Crippen LogP contribution >= 0.6 is 54.5 Å². The highest BCUT2D eigenvalue weighted by molar-refractivity contribution is 14.1. The molecule has 92 valence electrons. The summed E-state index contributed by atoms with van der Waals surface area (Å²) >= 11 is 9.05. The van der Waals surface area contributed by atoms with Gasteiger partial charge in [0.05, 0.1) is 0 Å². The third kappa shape index (κ3) is 3.65. The van der Waals surface area contributed by atoms with E-state index in [1.807, 2.05) is 42.5 Å². The molecule has 0 aliphatic heterocycles. The molecule has 0 atom stereocenters. The van der Waals surface area contributed by atoms with Crippen molar-refractivity contribution in [2.45, 2.75) is 6.42 Å². The molecule has 0 saturated carbocycles. The standard InChI is InChI=1S/C14H9Br2IO/c15-10-3-6-13(16)12(8-10)14(18)7-9-1-4-11(17)5-2-9/h1-6,8H,7H2. The molecule has 2 rings (SSSR count). The van der Waals surface area contributed by atoms with Crippen molar-refractivity contribution >= 4 is 60.2 Å². The molecule has 0 heterocycles. The third-order valence-electron chi connectivity index (χ3n) is 2.51. The fourth-order valence-electron chi connectivity index (χ4n) is 1.59. The molecule has 0 bridgehead atoms. The first-order valence-electron chi connectivity index (χ1n) is 5.29. The zero-order valence-corrected chi connectivity index (χ0v) is 14.6. The number of ketones is 1. The van der Waals surface area contributed by atoms with Crippen LogP contribution in [0.4, 0.5) is 0 Å². The van der Waals surface area contributed by atoms with Gasteiger partial charge in [0.2, 0.25) is 0 Å². The Morgan fingerprint density at radius 3 is 2.39 bits per heavy atom. The van der Waals surface area contributed by atoms with Gasteiger partial charge >= 0.3 is 0 Å². The molecule has 4 heteroatoms. The first-order valence-corrected chi connectivity index (χ1v) is 7.95. The summed E-state index contributed by atoms with van der Waals surface area (Å²) in [4.78, 5) is 12.2. The van der Waals surface area contributed by atoms with Gasteiger partial charge in [-0.15, -0.1) is 0 Å². The van der Waals surface area contributed by atoms with Crippen molar-refractivity contribution in [3.63, 3.8) is 0 Å². The van der Waals surface area contributed by atoms with Gasteiger partial charge in [-0.3, -0.25) is 4.79 Å². The van der Waals surface area contributed by atoms with Crippen LogP contribution in [0.5, 0.6) is 0 Å². The summed E-state index contributed by atoms with van der Waals surface area (Å²) in [5.74, 6) is 0.115. The Hall–Kier alpha value is -0.200. The van der Waals surface area contributed by atoms with Crippen molar-refractivity contribution in [2.75, 3.05) is 0 Å². The van der Waals surface area contributed by atoms with Gasteiger partial charge in [0, 0.05) is 24.5 Å². The summed E-state index contributed by atoms with van der Waals surface area (Å²) in [6.07, 6.45) is 0.423. The van der Waals surface area contributed by atoms with Crippen molar-refractivity contribution in [3.05, 3.63) is 66.1 Å². The van der Waals surface area contributed by atoms with Crippen LogP contribution in [-0.4, -0.2) is 5.78 Å². The second kappa shape index (κ2) is 6.30. The maximum atomic E-state index is 12.2. The van der Waals surface area contributed by atoms with Crippen molar-refractivity contribution in [2.24, 2.45) is 0 Å². The molecular formula is C14H9Br2IO. The molecule has 0 unspecified atom stereocenters. The summed E-state index contributed by atoms with van der Waals surface area (Å²) in [6.45, 7) is 0. The fraction of sp³-hybridized carbons (Fsp3) is 0.0714. The highest BCUT2D eigenvalue weighted by Crippen LogP contribution is 2.23. The van der Waals surface area contributed by atoms with Crippen LogP contribution in [0.3, 0.4) is 0 Å². The lowest BCUT2D eigenvalue weighted by atomic mass is 10.0. The highest BCUT2D eigenvalue weighted by Gasteiger charge is 2.11. The normalized spacial score (nSPS) is 10.4. The van der Waals surface area contributed by atoms with Crippen LogP contribution in [0.1, 0.15) is 15.9 Å². The number of hydrogen-bond donors (Lipinski definition) is 0. The Labute approximate surface area is 136 Å². The topological polar surface area (TPSA) is 17.1 Å². The summed E-state index contributed by atoms with van der Waals surface area (Å²) in [5, 5.41) is 0. The molecular weight excluding hydrogens is 471 g/mol. The van der Waals surface area contributed by atoms with Crippen LogP contribution in [0.2, 0.25) is 0 Å². The first kappa shape index (κ1) is 14.2. The van der Waals surface area contributed by atoms with E-state index in [1.54, 1.807) is 0 Å². The van der Waals surface area contributed by atoms with Gasteiger partial charge in [0.1, 0.15) is 0 Å². The monoisotopic (exact) mass is 478 g/mol. The SMILES string of the molecule is O=C(Cc1ccc(I)cc1)c1cc(Br)ccc1Br. The molecule has 2 aromatic carbocycles. The zero-order valence-electron chi connectivity index (χ0n) is 9.29. The van der Waals surface area contributed by atoms with E-state index in [9.17, 15) is 4.79 Å². The number of Topliss-reactive ketones (excluding diaryl/α,β-unsaturated/α-hetero) is 1. The van der Waals surface area contributed by atoms with Gasteiger partial charge in [-0.2, -0.15) is 0 Å². The van der Waals surface area contributed by atoms with Gasteiger partial charge in [-0.1, -0.05) is 44.0 Å². The van der Waals surface area contributed by atoms with Crippen LogP contribution in [-0.2, 0) is 6.42 Å². The van der Waals surface area contributed by atoms with E-state index in [-0.39, 0.29) is 5.78 Å². The summed E-state index contributed by atoms with van der Waals surface area (Å²) in [7, 11) is 0. The molecule has 1 nitrogen and oxygen atoms in total. The minimum absolute atomic E-state index is 0.115. The average Bonchev–Trinajstić information content (AvgIpc) is 2.35. The number of carbonyl (C=O) groups excluding carboxylic acids is 1. The van der Waals surface area contributed by atoms with Crippen molar-refractivity contribution < 1.29 is 4.79 Å². The molecule has 0 amide bonds. The van der Waals surface area contributed by atoms with Crippen molar-refractivity contribution in [1.29, 1.82) is 0 Å². The van der Waals surface area contributed by atoms with Crippen LogP contribution in [0, 0.1) is 3.57 Å². The second-order valence-electron chi connectivity index (χ2n) is 3.85. The number of halogens is 3. The van der Waals surface area contributed by atoms with Gasteiger partial charge in [-0.05, 0) is 58.5 Å². The van der Waals surface area contributed by atoms with E-state index in [0.717, 1.165) is 14.5 Å². The quantitative estimate of drug-likeness (QED) is 0.434. The van der Waals surface area contributed by atoms with E-state index in [4.69, 9.17) is 0 Å². The minimum Gasteiger partial charge on any atom is -0.294 e. The second-order valence-corrected chi connectivity index (χ2v) is 6.87. The predicted octanol–water partition coefficient (Wildman–Crippen LogP) is 5.24. The van der Waals surface area contributed by atoms with Crippen molar-refractivity contribution in [1.82, 2.24) is 0 Å². The lowest BCUT2D eigenvalue weighted by Crippen LogP contribution is -2.04. The Bertz CT molecular complexity index is 579. The maximum Gasteiger partial charge on any atom is 0.168 e. The van der Waals surface area contributed by atoms with Crippen molar-refractivity contribution in [3.8, 4) is 0 Å². The number of rotatable bonds is 3. The smallest absolute Gasteiger partial charge is 0.168 e. The molecule has 0 aromatic heterocycles. The molecule has 0 saturated heterocycles. The Kier molecular flexibility index (Phi) is 4.98. The van der Waals surface area contributed by atoms with Gasteiger partial charge < -0.3 is 0 Å². The van der Waals surface area contributed by atoms with E-state index in [2.05, 4.69) is 54.5 Å². The largest absolute Gasteiger partial charge is 0.294 e. The Morgan fingerprint density at radius 1 is 1.06 bits per heavy atom. The fourth-order valence-corrected chi connectivity index (χ4v) is 2.78. The minimum atomic E-state index is 0.115. The van der Waals surface area contributed by atoms with Gasteiger partial charge in [0.15, 0.2) is 5.78 Å². The Morgan fingerprint density at radius 2 is 1.72 bits per heavy atom. The maximum absolute atomic E-state index is 12.2. The van der Waals surface area contributed by atoms with E-state index in [0.29, 0.717) is 12.0 Å². The van der Waals surface area contributed by atoms with E-state index < -0.39 is 0 Å². The molecule has 0 radical (unpaired) electrons. The number of hydrogen-bond acceptors (Lipinski definition) is 1. The zero-order chi connectivity index (χ0) is 13.1. The van der Waals surface area contributed by atoms with Crippen LogP contribution in [0.15, 0.2) is 51.4 Å². The van der Waals surface area contributed by atoms with Gasteiger partial charge in [-0.25, -0.2) is 0 Å². The van der Waals surface area contributed by atoms with Gasteiger partial charge in [0.25, 0.3) is 0 Å². The molecule has 0 aliphatic carbocycles. The summed E-state index contributed by atoms with van der Waals surface area (Å²) in [6, 6.07) is 13.6. The Balaban J connectivity index is 2.21. The molecule has 18 heavy (non-hydrogen) atoms. The number of carbonyl (C=O) groups is 1. The lowest BCUT2D eigenvalue weighted by molar-refractivity contribution is 0.0992. The lowest BCUT2D eigenvalue weighted by Gasteiger charge is -2.05. The molecule has 0 spiro atoms. The predicted molar refractivity (Wildman–Crippen MR) is 89.0 cm³/mol. The number of benzene rings is 2. The van der Waals surface area contributed by atoms with Crippen LogP contribution in [0.25, 0.3) is 0 Å². The molecule has 0 N–H and O–H groups in total.